The lowest BCUT2D eigenvalue weighted by Gasteiger charge is -2.20. The van der Waals surface area contributed by atoms with Crippen molar-refractivity contribution in [1.82, 2.24) is 19.6 Å². The highest BCUT2D eigenvalue weighted by molar-refractivity contribution is 7.98. The number of thioether (sulfide) groups is 1. The lowest BCUT2D eigenvalue weighted by molar-refractivity contribution is 0.0523. The van der Waals surface area contributed by atoms with Gasteiger partial charge in [0.25, 0.3) is 5.56 Å². The molecule has 0 aliphatic rings. The first kappa shape index (κ1) is 18.1. The van der Waals surface area contributed by atoms with Crippen LogP contribution in [0.3, 0.4) is 0 Å². The van der Waals surface area contributed by atoms with Crippen LogP contribution in [0.5, 0.6) is 0 Å². The van der Waals surface area contributed by atoms with Gasteiger partial charge in [0.2, 0.25) is 0 Å². The fourth-order valence-electron chi connectivity index (χ4n) is 2.16. The Kier molecular flexibility index (Phi) is 5.02. The third-order valence-electron chi connectivity index (χ3n) is 3.23. The van der Waals surface area contributed by atoms with Crippen LogP contribution in [0.2, 0.25) is 0 Å². The Bertz CT molecular complexity index is 819. The van der Waals surface area contributed by atoms with Gasteiger partial charge in [0.05, 0.1) is 24.0 Å². The fraction of sp³-hybridized carbons (Fsp3) is 0.467. The second kappa shape index (κ2) is 6.68. The topological polar surface area (TPSA) is 105 Å². The second-order valence-corrected chi connectivity index (χ2v) is 6.83. The maximum Gasteiger partial charge on any atom is 0.344 e. The van der Waals surface area contributed by atoms with Crippen LogP contribution in [-0.4, -0.2) is 38.4 Å². The minimum absolute atomic E-state index is 0.118. The lowest BCUT2D eigenvalue weighted by atomic mass is 10.1. The summed E-state index contributed by atoms with van der Waals surface area (Å²) in [7, 11) is 0. The summed E-state index contributed by atoms with van der Waals surface area (Å²) in [6.45, 7) is 7.60. The quantitative estimate of drug-likeness (QED) is 0.660. The van der Waals surface area contributed by atoms with Crippen LogP contribution >= 0.6 is 11.8 Å². The number of nitrogens with zero attached hydrogens (tertiary/aromatic N) is 4. The molecule has 0 fully saturated rings. The van der Waals surface area contributed by atoms with Crippen molar-refractivity contribution in [2.24, 2.45) is 0 Å². The number of hydrogen-bond donors (Lipinski definition) is 1. The molecule has 0 amide bonds. The highest BCUT2D eigenvalue weighted by Crippen LogP contribution is 2.27. The van der Waals surface area contributed by atoms with Crippen molar-refractivity contribution in [1.29, 1.82) is 0 Å². The number of carbonyl (C=O) groups is 1. The van der Waals surface area contributed by atoms with Gasteiger partial charge >= 0.3 is 5.97 Å². The van der Waals surface area contributed by atoms with Gasteiger partial charge in [-0.05, 0) is 34.0 Å². The van der Waals surface area contributed by atoms with E-state index in [4.69, 9.17) is 10.5 Å². The van der Waals surface area contributed by atoms with Crippen LogP contribution in [0, 0.1) is 0 Å². The minimum atomic E-state index is -0.540. The number of ether oxygens (including phenoxy) is 1. The van der Waals surface area contributed by atoms with Crippen molar-refractivity contribution >= 4 is 23.5 Å². The summed E-state index contributed by atoms with van der Waals surface area (Å²) >= 11 is 1.27. The van der Waals surface area contributed by atoms with E-state index >= 15 is 0 Å². The second-order valence-electron chi connectivity index (χ2n) is 6.04. The van der Waals surface area contributed by atoms with Gasteiger partial charge in [0, 0.05) is 6.07 Å². The molecule has 2 aromatic rings. The van der Waals surface area contributed by atoms with E-state index in [9.17, 15) is 9.59 Å². The minimum Gasteiger partial charge on any atom is -0.462 e. The molecule has 2 N–H and O–H groups in total. The van der Waals surface area contributed by atoms with Crippen LogP contribution in [0.15, 0.2) is 22.1 Å². The normalized spacial score (nSPS) is 11.5. The number of nitrogens with two attached hydrogens (primary N) is 1. The molecule has 0 radical (unpaired) electrons. The molecular weight excluding hydrogens is 330 g/mol. The number of aromatic nitrogens is 4. The standard InChI is InChI=1S/C15H21N5O3S/c1-6-23-14(22)11-12(16)19(18-13(11)24-5)9-7-10(21)20(17-8-9)15(2,3)4/h7-8H,6,16H2,1-5H3. The molecule has 0 saturated carbocycles. The maximum absolute atomic E-state index is 12.3. The molecule has 0 aromatic carbocycles. The van der Waals surface area contributed by atoms with E-state index in [1.807, 2.05) is 20.8 Å². The largest absolute Gasteiger partial charge is 0.462 e. The zero-order chi connectivity index (χ0) is 18.1. The van der Waals surface area contributed by atoms with E-state index in [1.54, 1.807) is 13.2 Å². The third kappa shape index (κ3) is 3.30. The Morgan fingerprint density at radius 1 is 1.42 bits per heavy atom. The zero-order valence-electron chi connectivity index (χ0n) is 14.4. The first-order chi connectivity index (χ1) is 11.2. The monoisotopic (exact) mass is 351 g/mol. The zero-order valence-corrected chi connectivity index (χ0v) is 15.2. The molecule has 2 heterocycles. The van der Waals surface area contributed by atoms with Gasteiger partial charge < -0.3 is 10.5 Å². The maximum atomic E-state index is 12.3. The number of hydrogen-bond acceptors (Lipinski definition) is 7. The lowest BCUT2D eigenvalue weighted by Crippen LogP contribution is -2.35. The molecular formula is C15H21N5O3S. The van der Waals surface area contributed by atoms with Crippen LogP contribution in [-0.2, 0) is 10.3 Å². The first-order valence-electron chi connectivity index (χ1n) is 7.40. The predicted octanol–water partition coefficient (Wildman–Crippen LogP) is 1.66. The van der Waals surface area contributed by atoms with Crippen molar-refractivity contribution in [3.05, 3.63) is 28.2 Å². The van der Waals surface area contributed by atoms with Gasteiger partial charge in [-0.1, -0.05) is 0 Å². The molecule has 8 nitrogen and oxygen atoms in total. The van der Waals surface area contributed by atoms with Gasteiger partial charge in [-0.15, -0.1) is 11.8 Å². The Morgan fingerprint density at radius 3 is 2.58 bits per heavy atom. The van der Waals surface area contributed by atoms with Gasteiger partial charge in [-0.25, -0.2) is 14.2 Å². The average molecular weight is 351 g/mol. The summed E-state index contributed by atoms with van der Waals surface area (Å²) in [5, 5.41) is 8.91. The number of anilines is 1. The van der Waals surface area contributed by atoms with Crippen LogP contribution in [0.25, 0.3) is 5.69 Å². The smallest absolute Gasteiger partial charge is 0.344 e. The summed E-state index contributed by atoms with van der Waals surface area (Å²) in [6, 6.07) is 1.39. The Balaban J connectivity index is 2.56. The summed E-state index contributed by atoms with van der Waals surface area (Å²) in [5.41, 5.74) is 5.94. The summed E-state index contributed by atoms with van der Waals surface area (Å²) in [5.74, 6) is -0.422. The first-order valence-corrected chi connectivity index (χ1v) is 8.63. The van der Waals surface area contributed by atoms with Crippen molar-refractivity contribution in [3.8, 4) is 5.69 Å². The van der Waals surface area contributed by atoms with Gasteiger partial charge in [0.15, 0.2) is 0 Å². The third-order valence-corrected chi connectivity index (χ3v) is 3.90. The highest BCUT2D eigenvalue weighted by Gasteiger charge is 2.24. The van der Waals surface area contributed by atoms with Crippen molar-refractivity contribution in [3.63, 3.8) is 0 Å². The molecule has 130 valence electrons. The molecule has 0 spiro atoms. The molecule has 0 aliphatic heterocycles. The fourth-order valence-corrected chi connectivity index (χ4v) is 2.72. The van der Waals surface area contributed by atoms with Crippen molar-refractivity contribution in [2.75, 3.05) is 18.6 Å². The van der Waals surface area contributed by atoms with Crippen LogP contribution < -0.4 is 11.3 Å². The Morgan fingerprint density at radius 2 is 2.08 bits per heavy atom. The summed E-state index contributed by atoms with van der Waals surface area (Å²) in [4.78, 5) is 24.4. The van der Waals surface area contributed by atoms with E-state index in [1.165, 1.54) is 33.4 Å². The molecule has 24 heavy (non-hydrogen) atoms. The van der Waals surface area contributed by atoms with Crippen molar-refractivity contribution in [2.45, 2.75) is 38.3 Å². The van der Waals surface area contributed by atoms with Crippen LogP contribution in [0.4, 0.5) is 5.82 Å². The number of nitrogen functional groups attached to an aromatic ring is 1. The molecule has 0 unspecified atom stereocenters. The van der Waals surface area contributed by atoms with E-state index in [0.717, 1.165) is 0 Å². The summed E-state index contributed by atoms with van der Waals surface area (Å²) < 4.78 is 7.73. The van der Waals surface area contributed by atoms with Crippen molar-refractivity contribution < 1.29 is 9.53 Å². The number of rotatable bonds is 4. The molecule has 9 heteroatoms. The van der Waals surface area contributed by atoms with Gasteiger partial charge in [-0.3, -0.25) is 4.79 Å². The number of esters is 1. The summed E-state index contributed by atoms with van der Waals surface area (Å²) in [6.07, 6.45) is 3.28. The molecule has 2 aromatic heterocycles. The van der Waals surface area contributed by atoms with Gasteiger partial charge in [0.1, 0.15) is 16.4 Å². The molecule has 0 aliphatic carbocycles. The molecule has 0 saturated heterocycles. The molecule has 2 rings (SSSR count). The van der Waals surface area contributed by atoms with Gasteiger partial charge in [-0.2, -0.15) is 10.2 Å². The Labute approximate surface area is 144 Å². The molecule has 0 bridgehead atoms. The van der Waals surface area contributed by atoms with E-state index in [-0.39, 0.29) is 23.5 Å². The average Bonchev–Trinajstić information content (AvgIpc) is 2.82. The van der Waals surface area contributed by atoms with E-state index < -0.39 is 11.5 Å². The Hall–Kier alpha value is -2.29. The van der Waals surface area contributed by atoms with Crippen LogP contribution in [0.1, 0.15) is 38.1 Å². The SMILES string of the molecule is CCOC(=O)c1c(SC)nn(-c2cnn(C(C)(C)C)c(=O)c2)c1N. The predicted molar refractivity (Wildman–Crippen MR) is 92.8 cm³/mol. The molecule has 0 atom stereocenters. The number of carbonyl (C=O) groups excluding carboxylic acids is 1. The van der Waals surface area contributed by atoms with E-state index in [0.29, 0.717) is 10.7 Å². The van der Waals surface area contributed by atoms with E-state index in [2.05, 4.69) is 10.2 Å². The highest BCUT2D eigenvalue weighted by atomic mass is 32.2.